The molecule has 0 aliphatic carbocycles. The molecule has 0 saturated heterocycles. The standard InChI is InChI=1S/C16H14N6/c17-9-13-3-7-16(8-4-13)22(21-11-19-20-12-21)10-14-1-5-15(18)6-2-14/h1-8,11-12H,10,18H2. The number of nitrogens with two attached hydrogens (primary N) is 1. The first-order valence-electron chi connectivity index (χ1n) is 6.73. The summed E-state index contributed by atoms with van der Waals surface area (Å²) in [4.78, 5) is 0. The first kappa shape index (κ1) is 13.6. The lowest BCUT2D eigenvalue weighted by Crippen LogP contribution is -2.27. The summed E-state index contributed by atoms with van der Waals surface area (Å²) in [6.45, 7) is 0.629. The molecule has 2 N–H and O–H groups in total. The third-order valence-corrected chi connectivity index (χ3v) is 3.29. The highest BCUT2D eigenvalue weighted by molar-refractivity contribution is 5.50. The highest BCUT2D eigenvalue weighted by Gasteiger charge is 2.10. The Morgan fingerprint density at radius 2 is 1.64 bits per heavy atom. The maximum Gasteiger partial charge on any atom is 0.139 e. The third kappa shape index (κ3) is 2.88. The van der Waals surface area contributed by atoms with E-state index in [0.717, 1.165) is 16.9 Å². The van der Waals surface area contributed by atoms with Crippen LogP contribution in [0.2, 0.25) is 0 Å². The largest absolute Gasteiger partial charge is 0.399 e. The van der Waals surface area contributed by atoms with E-state index >= 15 is 0 Å². The van der Waals surface area contributed by atoms with Gasteiger partial charge in [0.15, 0.2) is 0 Å². The molecule has 1 aromatic heterocycles. The van der Waals surface area contributed by atoms with Crippen molar-refractivity contribution in [2.75, 3.05) is 10.7 Å². The number of hydrogen-bond donors (Lipinski definition) is 1. The van der Waals surface area contributed by atoms with Gasteiger partial charge in [-0.15, -0.1) is 10.2 Å². The monoisotopic (exact) mass is 290 g/mol. The van der Waals surface area contributed by atoms with Crippen LogP contribution < -0.4 is 10.7 Å². The van der Waals surface area contributed by atoms with Crippen LogP contribution in [0.15, 0.2) is 61.2 Å². The molecule has 0 aliphatic heterocycles. The van der Waals surface area contributed by atoms with Crippen molar-refractivity contribution in [3.63, 3.8) is 0 Å². The molecule has 0 bridgehead atoms. The Balaban J connectivity index is 1.93. The molecule has 0 spiro atoms. The van der Waals surface area contributed by atoms with Crippen LogP contribution in [-0.2, 0) is 6.54 Å². The molecule has 108 valence electrons. The van der Waals surface area contributed by atoms with Crippen LogP contribution in [0.5, 0.6) is 0 Å². The van der Waals surface area contributed by atoms with Crippen LogP contribution in [-0.4, -0.2) is 14.9 Å². The van der Waals surface area contributed by atoms with Crippen molar-refractivity contribution in [2.24, 2.45) is 0 Å². The van der Waals surface area contributed by atoms with Gasteiger partial charge in [-0.25, -0.2) is 4.68 Å². The minimum Gasteiger partial charge on any atom is -0.399 e. The van der Waals surface area contributed by atoms with Crippen molar-refractivity contribution in [1.29, 1.82) is 5.26 Å². The molecular formula is C16H14N6. The molecule has 6 heteroatoms. The Kier molecular flexibility index (Phi) is 3.70. The van der Waals surface area contributed by atoms with Crippen LogP contribution in [0, 0.1) is 11.3 Å². The zero-order valence-electron chi connectivity index (χ0n) is 11.8. The lowest BCUT2D eigenvalue weighted by Gasteiger charge is -2.25. The van der Waals surface area contributed by atoms with E-state index in [-0.39, 0.29) is 0 Å². The summed E-state index contributed by atoms with van der Waals surface area (Å²) in [5, 5.41) is 18.6. The van der Waals surface area contributed by atoms with Gasteiger partial charge in [-0.05, 0) is 42.0 Å². The number of hydrogen-bond acceptors (Lipinski definition) is 5. The van der Waals surface area contributed by atoms with Gasteiger partial charge in [0.1, 0.15) is 12.7 Å². The second kappa shape index (κ2) is 5.97. The molecular weight excluding hydrogens is 276 g/mol. The van der Waals surface area contributed by atoms with E-state index in [1.807, 2.05) is 41.4 Å². The molecule has 3 aromatic rings. The summed E-state index contributed by atoms with van der Waals surface area (Å²) in [6, 6.07) is 17.2. The quantitative estimate of drug-likeness (QED) is 0.745. The first-order chi connectivity index (χ1) is 10.8. The predicted octanol–water partition coefficient (Wildman–Crippen LogP) is 2.20. The Bertz CT molecular complexity index is 769. The normalized spacial score (nSPS) is 10.1. The second-order valence-electron chi connectivity index (χ2n) is 4.80. The molecule has 6 nitrogen and oxygen atoms in total. The minimum atomic E-state index is 0.625. The fourth-order valence-electron chi connectivity index (χ4n) is 2.13. The number of aromatic nitrogens is 3. The minimum absolute atomic E-state index is 0.625. The average Bonchev–Trinajstić information content (AvgIpc) is 3.09. The molecule has 0 radical (unpaired) electrons. The maximum atomic E-state index is 8.91. The zero-order chi connectivity index (χ0) is 15.4. The summed E-state index contributed by atoms with van der Waals surface area (Å²) in [6.07, 6.45) is 3.27. The van der Waals surface area contributed by atoms with Crippen LogP contribution in [0.3, 0.4) is 0 Å². The fourth-order valence-corrected chi connectivity index (χ4v) is 2.13. The van der Waals surface area contributed by atoms with Gasteiger partial charge in [0.2, 0.25) is 0 Å². The van der Waals surface area contributed by atoms with Gasteiger partial charge in [-0.3, -0.25) is 5.01 Å². The molecule has 1 heterocycles. The summed E-state index contributed by atoms with van der Waals surface area (Å²) >= 11 is 0. The molecule has 0 fully saturated rings. The molecule has 0 unspecified atom stereocenters. The smallest absolute Gasteiger partial charge is 0.139 e. The summed E-state index contributed by atoms with van der Waals surface area (Å²) in [5.41, 5.74) is 9.13. The molecule has 0 aliphatic rings. The average molecular weight is 290 g/mol. The van der Waals surface area contributed by atoms with E-state index < -0.39 is 0 Å². The van der Waals surface area contributed by atoms with E-state index in [9.17, 15) is 0 Å². The number of nitrogens with zero attached hydrogens (tertiary/aromatic N) is 5. The SMILES string of the molecule is N#Cc1ccc(N(Cc2ccc(N)cc2)n2cnnc2)cc1. The van der Waals surface area contributed by atoms with E-state index in [1.54, 1.807) is 29.5 Å². The summed E-state index contributed by atoms with van der Waals surface area (Å²) < 4.78 is 1.80. The predicted molar refractivity (Wildman–Crippen MR) is 83.6 cm³/mol. The van der Waals surface area contributed by atoms with Crippen molar-refractivity contribution >= 4 is 11.4 Å². The zero-order valence-corrected chi connectivity index (χ0v) is 11.8. The number of anilines is 2. The van der Waals surface area contributed by atoms with Gasteiger partial charge in [-0.1, -0.05) is 12.1 Å². The number of nitriles is 1. The van der Waals surface area contributed by atoms with Crippen LogP contribution in [0.4, 0.5) is 11.4 Å². The van der Waals surface area contributed by atoms with Gasteiger partial charge in [0.05, 0.1) is 23.9 Å². The Labute approximate surface area is 128 Å². The lowest BCUT2D eigenvalue weighted by atomic mass is 10.2. The molecule has 2 aromatic carbocycles. The van der Waals surface area contributed by atoms with Gasteiger partial charge in [-0.2, -0.15) is 5.26 Å². The summed E-state index contributed by atoms with van der Waals surface area (Å²) in [7, 11) is 0. The molecule has 22 heavy (non-hydrogen) atoms. The van der Waals surface area contributed by atoms with Crippen molar-refractivity contribution in [1.82, 2.24) is 14.9 Å². The first-order valence-corrected chi connectivity index (χ1v) is 6.73. The second-order valence-corrected chi connectivity index (χ2v) is 4.80. The van der Waals surface area contributed by atoms with Crippen LogP contribution >= 0.6 is 0 Å². The van der Waals surface area contributed by atoms with Gasteiger partial charge < -0.3 is 5.73 Å². The van der Waals surface area contributed by atoms with E-state index in [0.29, 0.717) is 12.1 Å². The van der Waals surface area contributed by atoms with Crippen molar-refractivity contribution in [3.05, 3.63) is 72.3 Å². The van der Waals surface area contributed by atoms with E-state index in [4.69, 9.17) is 11.0 Å². The van der Waals surface area contributed by atoms with Gasteiger partial charge >= 0.3 is 0 Å². The van der Waals surface area contributed by atoms with Gasteiger partial charge in [0, 0.05) is 5.69 Å². The number of benzene rings is 2. The van der Waals surface area contributed by atoms with Crippen LogP contribution in [0.1, 0.15) is 11.1 Å². The lowest BCUT2D eigenvalue weighted by molar-refractivity contribution is 0.686. The van der Waals surface area contributed by atoms with Crippen LogP contribution in [0.25, 0.3) is 0 Å². The van der Waals surface area contributed by atoms with Crippen molar-refractivity contribution in [2.45, 2.75) is 6.54 Å². The number of nitrogen functional groups attached to an aromatic ring is 1. The maximum absolute atomic E-state index is 8.91. The highest BCUT2D eigenvalue weighted by atomic mass is 15.6. The molecule has 0 atom stereocenters. The Morgan fingerprint density at radius 3 is 2.23 bits per heavy atom. The summed E-state index contributed by atoms with van der Waals surface area (Å²) in [5.74, 6) is 0. The molecule has 0 saturated carbocycles. The fraction of sp³-hybridized carbons (Fsp3) is 0.0625. The highest BCUT2D eigenvalue weighted by Crippen LogP contribution is 2.19. The topological polar surface area (TPSA) is 83.8 Å². The Hall–Kier alpha value is -3.33. The Morgan fingerprint density at radius 1 is 1.00 bits per heavy atom. The third-order valence-electron chi connectivity index (χ3n) is 3.29. The van der Waals surface area contributed by atoms with E-state index in [1.165, 1.54) is 0 Å². The van der Waals surface area contributed by atoms with Gasteiger partial charge in [0.25, 0.3) is 0 Å². The van der Waals surface area contributed by atoms with Crippen molar-refractivity contribution in [3.8, 4) is 6.07 Å². The van der Waals surface area contributed by atoms with E-state index in [2.05, 4.69) is 16.3 Å². The van der Waals surface area contributed by atoms with Crippen molar-refractivity contribution < 1.29 is 0 Å². The molecule has 0 amide bonds. The molecule has 3 rings (SSSR count). The number of rotatable bonds is 4.